The Labute approximate surface area is 112 Å². The predicted octanol–water partition coefficient (Wildman–Crippen LogP) is 2.86. The number of nitrogens with one attached hydrogen (secondary N) is 1. The highest BCUT2D eigenvalue weighted by atomic mass is 16.5. The molecule has 1 aromatic carbocycles. The highest BCUT2D eigenvalue weighted by Gasteiger charge is 2.28. The number of benzene rings is 1. The maximum absolute atomic E-state index is 11.8. The Morgan fingerprint density at radius 3 is 2.84 bits per heavy atom. The van der Waals surface area contributed by atoms with Crippen molar-refractivity contribution < 1.29 is 13.9 Å². The molecule has 0 amide bonds. The fraction of sp³-hybridized carbons (Fsp3) is 0.400. The molecule has 0 saturated carbocycles. The van der Waals surface area contributed by atoms with Gasteiger partial charge in [-0.15, -0.1) is 0 Å². The number of para-hydroxylation sites is 1. The Kier molecular flexibility index (Phi) is 3.90. The second kappa shape index (κ2) is 5.45. The van der Waals surface area contributed by atoms with Gasteiger partial charge in [0.1, 0.15) is 11.1 Å². The smallest absolute Gasteiger partial charge is 0.325 e. The summed E-state index contributed by atoms with van der Waals surface area (Å²) in [5.41, 5.74) is 1.18. The van der Waals surface area contributed by atoms with E-state index in [9.17, 15) is 4.79 Å². The monoisotopic (exact) mass is 261 g/mol. The second-order valence-corrected chi connectivity index (χ2v) is 4.96. The largest absolute Gasteiger partial charge is 0.465 e. The summed E-state index contributed by atoms with van der Waals surface area (Å²) in [6.07, 6.45) is 1.72. The van der Waals surface area contributed by atoms with Crippen LogP contribution in [-0.4, -0.2) is 18.1 Å². The lowest BCUT2D eigenvalue weighted by molar-refractivity contribution is -0.149. The molecule has 0 bridgehead atoms. The number of esters is 1. The first-order valence-corrected chi connectivity index (χ1v) is 6.42. The molecule has 0 unspecified atom stereocenters. The second-order valence-electron chi connectivity index (χ2n) is 4.96. The van der Waals surface area contributed by atoms with Gasteiger partial charge in [-0.3, -0.25) is 10.1 Å². The van der Waals surface area contributed by atoms with Crippen molar-refractivity contribution in [3.05, 3.63) is 36.1 Å². The van der Waals surface area contributed by atoms with E-state index in [2.05, 4.69) is 5.32 Å². The van der Waals surface area contributed by atoms with E-state index in [1.165, 1.54) is 0 Å². The maximum Gasteiger partial charge on any atom is 0.325 e. The van der Waals surface area contributed by atoms with Crippen molar-refractivity contribution in [2.24, 2.45) is 0 Å². The Morgan fingerprint density at radius 2 is 2.11 bits per heavy atom. The van der Waals surface area contributed by atoms with Crippen molar-refractivity contribution in [2.75, 3.05) is 6.61 Å². The molecule has 0 fully saturated rings. The molecule has 0 aliphatic rings. The minimum absolute atomic E-state index is 0.247. The molecule has 19 heavy (non-hydrogen) atoms. The van der Waals surface area contributed by atoms with Crippen LogP contribution in [0.4, 0.5) is 0 Å². The Morgan fingerprint density at radius 1 is 1.37 bits per heavy atom. The van der Waals surface area contributed by atoms with Crippen molar-refractivity contribution in [1.82, 2.24) is 5.32 Å². The van der Waals surface area contributed by atoms with Crippen molar-refractivity contribution >= 4 is 16.9 Å². The van der Waals surface area contributed by atoms with E-state index in [0.717, 1.165) is 16.5 Å². The molecule has 0 aliphatic carbocycles. The van der Waals surface area contributed by atoms with E-state index in [4.69, 9.17) is 9.15 Å². The average Bonchev–Trinajstić information content (AvgIpc) is 2.80. The van der Waals surface area contributed by atoms with Crippen LogP contribution in [0.2, 0.25) is 0 Å². The van der Waals surface area contributed by atoms with Crippen LogP contribution in [0.15, 0.2) is 34.9 Å². The third-order valence-electron chi connectivity index (χ3n) is 3.07. The molecular formula is C15H19NO3. The van der Waals surface area contributed by atoms with E-state index in [1.54, 1.807) is 13.2 Å². The Balaban J connectivity index is 2.08. The van der Waals surface area contributed by atoms with Gasteiger partial charge in [-0.05, 0) is 26.8 Å². The SMILES string of the molecule is CCOC(=O)C(C)(C)NCc1coc2ccccc12. The number of hydrogen-bond donors (Lipinski definition) is 1. The molecule has 2 aromatic rings. The van der Waals surface area contributed by atoms with Crippen molar-refractivity contribution in [3.8, 4) is 0 Å². The summed E-state index contributed by atoms with van der Waals surface area (Å²) in [5, 5.41) is 4.27. The molecule has 4 heteroatoms. The zero-order valence-electron chi connectivity index (χ0n) is 11.5. The van der Waals surface area contributed by atoms with Crippen LogP contribution < -0.4 is 5.32 Å². The fourth-order valence-corrected chi connectivity index (χ4v) is 1.87. The third-order valence-corrected chi connectivity index (χ3v) is 3.07. The molecule has 0 aliphatic heterocycles. The number of hydrogen-bond acceptors (Lipinski definition) is 4. The average molecular weight is 261 g/mol. The van der Waals surface area contributed by atoms with Gasteiger partial charge in [0.25, 0.3) is 0 Å². The highest BCUT2D eigenvalue weighted by molar-refractivity contribution is 5.81. The number of rotatable bonds is 5. The van der Waals surface area contributed by atoms with E-state index in [-0.39, 0.29) is 5.97 Å². The van der Waals surface area contributed by atoms with Crippen molar-refractivity contribution in [2.45, 2.75) is 32.9 Å². The quantitative estimate of drug-likeness (QED) is 0.841. The topological polar surface area (TPSA) is 51.5 Å². The van der Waals surface area contributed by atoms with Gasteiger partial charge >= 0.3 is 5.97 Å². The van der Waals surface area contributed by atoms with Crippen LogP contribution in [0.5, 0.6) is 0 Å². The van der Waals surface area contributed by atoms with Crippen molar-refractivity contribution in [3.63, 3.8) is 0 Å². The summed E-state index contributed by atoms with van der Waals surface area (Å²) in [6.45, 7) is 6.37. The zero-order valence-corrected chi connectivity index (χ0v) is 11.5. The normalized spacial score (nSPS) is 11.7. The van der Waals surface area contributed by atoms with Crippen LogP contribution in [-0.2, 0) is 16.1 Å². The van der Waals surface area contributed by atoms with Crippen LogP contribution in [0.3, 0.4) is 0 Å². The summed E-state index contributed by atoms with van der Waals surface area (Å²) in [7, 11) is 0. The van der Waals surface area contributed by atoms with Gasteiger partial charge in [-0.2, -0.15) is 0 Å². The molecule has 1 heterocycles. The van der Waals surface area contributed by atoms with E-state index >= 15 is 0 Å². The lowest BCUT2D eigenvalue weighted by atomic mass is 10.1. The van der Waals surface area contributed by atoms with E-state index in [1.807, 2.05) is 38.1 Å². The fourth-order valence-electron chi connectivity index (χ4n) is 1.87. The van der Waals surface area contributed by atoms with Gasteiger partial charge in [0.15, 0.2) is 0 Å². The molecule has 0 spiro atoms. The van der Waals surface area contributed by atoms with Gasteiger partial charge in [-0.1, -0.05) is 18.2 Å². The summed E-state index contributed by atoms with van der Waals surface area (Å²) in [6, 6.07) is 7.84. The molecule has 0 saturated heterocycles. The summed E-state index contributed by atoms with van der Waals surface area (Å²) in [4.78, 5) is 11.8. The molecular weight excluding hydrogens is 242 g/mol. The molecule has 1 N–H and O–H groups in total. The van der Waals surface area contributed by atoms with Crippen LogP contribution >= 0.6 is 0 Å². The highest BCUT2D eigenvalue weighted by Crippen LogP contribution is 2.21. The predicted molar refractivity (Wildman–Crippen MR) is 73.8 cm³/mol. The first kappa shape index (κ1) is 13.6. The summed E-state index contributed by atoms with van der Waals surface area (Å²) in [5.74, 6) is -0.247. The molecule has 1 aromatic heterocycles. The molecule has 0 radical (unpaired) electrons. The lowest BCUT2D eigenvalue weighted by Gasteiger charge is -2.23. The maximum atomic E-state index is 11.8. The summed E-state index contributed by atoms with van der Waals surface area (Å²) < 4.78 is 10.5. The van der Waals surface area contributed by atoms with E-state index < -0.39 is 5.54 Å². The lowest BCUT2D eigenvalue weighted by Crippen LogP contribution is -2.47. The van der Waals surface area contributed by atoms with Crippen molar-refractivity contribution in [1.29, 1.82) is 0 Å². The molecule has 102 valence electrons. The number of carbonyl (C=O) groups is 1. The molecule has 4 nitrogen and oxygen atoms in total. The minimum atomic E-state index is -0.714. The molecule has 0 atom stereocenters. The first-order chi connectivity index (χ1) is 9.04. The Bertz CT molecular complexity index is 572. The van der Waals surface area contributed by atoms with E-state index in [0.29, 0.717) is 13.2 Å². The van der Waals surface area contributed by atoms with Crippen LogP contribution in [0, 0.1) is 0 Å². The minimum Gasteiger partial charge on any atom is -0.465 e. The third kappa shape index (κ3) is 2.96. The first-order valence-electron chi connectivity index (χ1n) is 6.42. The van der Waals surface area contributed by atoms with Gasteiger partial charge in [0.2, 0.25) is 0 Å². The van der Waals surface area contributed by atoms with Crippen LogP contribution in [0.25, 0.3) is 11.0 Å². The van der Waals surface area contributed by atoms with Gasteiger partial charge in [0, 0.05) is 17.5 Å². The number of fused-ring (bicyclic) bond motifs is 1. The number of ether oxygens (including phenoxy) is 1. The standard InChI is InChI=1S/C15H19NO3/c1-4-18-14(17)15(2,3)16-9-11-10-19-13-8-6-5-7-12(11)13/h5-8,10,16H,4,9H2,1-3H3. The van der Waals surface area contributed by atoms with Crippen LogP contribution in [0.1, 0.15) is 26.3 Å². The summed E-state index contributed by atoms with van der Waals surface area (Å²) >= 11 is 0. The molecule has 2 rings (SSSR count). The number of furan rings is 1. The number of carbonyl (C=O) groups excluding carboxylic acids is 1. The zero-order chi connectivity index (χ0) is 13.9. The van der Waals surface area contributed by atoms with Gasteiger partial charge < -0.3 is 9.15 Å². The van der Waals surface area contributed by atoms with Gasteiger partial charge in [-0.25, -0.2) is 0 Å². The van der Waals surface area contributed by atoms with Gasteiger partial charge in [0.05, 0.1) is 12.9 Å². The Hall–Kier alpha value is -1.81.